The van der Waals surface area contributed by atoms with Crippen molar-refractivity contribution in [3.05, 3.63) is 106 Å². The molecule has 0 aliphatic rings. The Bertz CT molecular complexity index is 1730. The molecular formula is C30H26F6OSSb-. The van der Waals surface area contributed by atoms with Gasteiger partial charge in [-0.3, -0.25) is 4.79 Å². The van der Waals surface area contributed by atoms with E-state index in [2.05, 4.69) is 82.3 Å². The number of halogens is 6. The van der Waals surface area contributed by atoms with Crippen molar-refractivity contribution in [1.29, 1.82) is 0 Å². The van der Waals surface area contributed by atoms with E-state index in [1.807, 2.05) is 24.3 Å². The summed E-state index contributed by atoms with van der Waals surface area (Å²) in [4.78, 5) is 13.8. The van der Waals surface area contributed by atoms with Gasteiger partial charge in [0.1, 0.15) is 0 Å². The standard InChI is InChI=1S/C30H26OS.6FH.Sb/c1-18(2)27-24(21-13-9-19(3)10-14-21)17-26-29(28(27)22-15-11-20(4)12-16-22)30(31)23-7-5-6-8-25(23)32-26;;;;;;;/h5-18H,1-4H3;6*1H;/q;;;;;;;+5/p-6. The first-order valence-corrected chi connectivity index (χ1v) is 18.7. The second-order valence-electron chi connectivity index (χ2n) is 9.86. The number of fused-ring (bicyclic) bond motifs is 2. The van der Waals surface area contributed by atoms with Gasteiger partial charge in [0.05, 0.1) is 0 Å². The van der Waals surface area contributed by atoms with Crippen molar-refractivity contribution >= 4 is 51.0 Å². The second kappa shape index (κ2) is 9.67. The molecule has 0 unspecified atom stereocenters. The summed E-state index contributed by atoms with van der Waals surface area (Å²) in [6.45, 7) is 8.67. The Morgan fingerprint density at radius 3 is 1.69 bits per heavy atom. The van der Waals surface area contributed by atoms with E-state index in [-0.39, 0.29) is 11.3 Å². The summed E-state index contributed by atoms with van der Waals surface area (Å²) in [6.07, 6.45) is 0. The topological polar surface area (TPSA) is 17.1 Å². The average Bonchev–Trinajstić information content (AvgIpc) is 2.82. The minimum absolute atomic E-state index is 0.127. The van der Waals surface area contributed by atoms with Crippen LogP contribution in [-0.2, 0) is 0 Å². The van der Waals surface area contributed by atoms with Crippen LogP contribution in [0.15, 0.2) is 83.7 Å². The van der Waals surface area contributed by atoms with Crippen LogP contribution in [0.3, 0.4) is 0 Å². The maximum absolute atomic E-state index is 13.8. The molecule has 0 saturated heterocycles. The van der Waals surface area contributed by atoms with E-state index in [9.17, 15) is 21.7 Å². The molecular weight excluding hydrogens is 644 g/mol. The van der Waals surface area contributed by atoms with Crippen molar-refractivity contribution in [2.45, 2.75) is 33.6 Å². The van der Waals surface area contributed by atoms with Crippen LogP contribution in [-0.4, -0.2) is 19.5 Å². The Kier molecular flexibility index (Phi) is 7.23. The number of hydrogen-bond donors (Lipinski definition) is 0. The molecule has 206 valence electrons. The van der Waals surface area contributed by atoms with Crippen LogP contribution in [0.5, 0.6) is 0 Å². The molecule has 0 aliphatic carbocycles. The van der Waals surface area contributed by atoms with Crippen LogP contribution in [0.25, 0.3) is 42.4 Å². The van der Waals surface area contributed by atoms with Crippen molar-refractivity contribution < 1.29 is 16.9 Å². The van der Waals surface area contributed by atoms with Gasteiger partial charge in [-0.05, 0) is 65.8 Å². The summed E-state index contributed by atoms with van der Waals surface area (Å²) in [5.41, 5.74) is 8.44. The number of aryl methyl sites for hydroxylation is 2. The van der Waals surface area contributed by atoms with E-state index >= 15 is 0 Å². The molecule has 9 heteroatoms. The molecule has 0 aliphatic heterocycles. The molecule has 5 rings (SSSR count). The Hall–Kier alpha value is -2.83. The van der Waals surface area contributed by atoms with Crippen molar-refractivity contribution in [1.82, 2.24) is 0 Å². The van der Waals surface area contributed by atoms with Crippen molar-refractivity contribution in [3.8, 4) is 22.3 Å². The van der Waals surface area contributed by atoms with E-state index in [1.54, 1.807) is 11.3 Å². The summed E-state index contributed by atoms with van der Waals surface area (Å²) in [5, 5.41) is 1.65. The van der Waals surface area contributed by atoms with E-state index in [0.29, 0.717) is 0 Å². The van der Waals surface area contributed by atoms with Crippen LogP contribution in [0.2, 0.25) is 0 Å². The van der Waals surface area contributed by atoms with Crippen molar-refractivity contribution in [2.24, 2.45) is 0 Å². The molecule has 1 nitrogen and oxygen atoms in total. The van der Waals surface area contributed by atoms with Gasteiger partial charge in [0.2, 0.25) is 0 Å². The fourth-order valence-electron chi connectivity index (χ4n) is 4.57. The normalized spacial score (nSPS) is 13.6. The molecule has 0 atom stereocenters. The fourth-order valence-corrected chi connectivity index (χ4v) is 5.70. The summed E-state index contributed by atoms with van der Waals surface area (Å²) in [6, 6.07) is 27.5. The number of hydrogen-bond acceptors (Lipinski definition) is 2. The van der Waals surface area contributed by atoms with Gasteiger partial charge in [-0.2, -0.15) is 0 Å². The molecule has 1 aromatic heterocycles. The Morgan fingerprint density at radius 1 is 0.692 bits per heavy atom. The van der Waals surface area contributed by atoms with Crippen LogP contribution in [0, 0.1) is 13.8 Å². The molecule has 0 bridgehead atoms. The SMILES string of the molecule is Cc1ccc(-c2cc3sc4ccccc4c(=O)c3c(-c3ccc(C)cc3)c2C(C)C)cc1.[F][Sb-]([F])([F])([F])([F])[F]. The van der Waals surface area contributed by atoms with E-state index < -0.39 is 19.5 Å². The first-order valence-electron chi connectivity index (χ1n) is 12.1. The fraction of sp³-hybridized carbons (Fsp3) is 0.167. The van der Waals surface area contributed by atoms with Gasteiger partial charge in [-0.15, -0.1) is 11.3 Å². The summed E-state index contributed by atoms with van der Waals surface area (Å²) < 4.78 is 61.6. The average molecular weight is 670 g/mol. The number of benzene rings is 4. The first kappa shape index (κ1) is 29.2. The van der Waals surface area contributed by atoms with Gasteiger partial charge in [-0.1, -0.05) is 85.6 Å². The van der Waals surface area contributed by atoms with Crippen molar-refractivity contribution in [2.75, 3.05) is 0 Å². The van der Waals surface area contributed by atoms with Gasteiger partial charge in [0.15, 0.2) is 5.43 Å². The Morgan fingerprint density at radius 2 is 1.18 bits per heavy atom. The molecule has 0 saturated carbocycles. The second-order valence-corrected chi connectivity index (χ2v) is 16.4. The van der Waals surface area contributed by atoms with Gasteiger partial charge in [-0.25, -0.2) is 0 Å². The quantitative estimate of drug-likeness (QED) is 0.106. The zero-order valence-corrected chi connectivity index (χ0v) is 25.0. The predicted molar refractivity (Wildman–Crippen MR) is 152 cm³/mol. The van der Waals surface area contributed by atoms with Crippen LogP contribution in [0.1, 0.15) is 36.5 Å². The Labute approximate surface area is 228 Å². The monoisotopic (exact) mass is 669 g/mol. The maximum atomic E-state index is 13.8. The van der Waals surface area contributed by atoms with Crippen LogP contribution in [0.4, 0.5) is 16.9 Å². The molecule has 0 spiro atoms. The molecule has 1 heterocycles. The van der Waals surface area contributed by atoms with Gasteiger partial charge in [0, 0.05) is 20.2 Å². The molecule has 39 heavy (non-hydrogen) atoms. The number of rotatable bonds is 3. The Balaban J connectivity index is 0.000000448. The minimum atomic E-state index is -11.2. The zero-order valence-electron chi connectivity index (χ0n) is 21.6. The zero-order chi connectivity index (χ0) is 28.8. The van der Waals surface area contributed by atoms with Crippen LogP contribution >= 0.6 is 11.3 Å². The van der Waals surface area contributed by atoms with E-state index in [1.165, 1.54) is 27.8 Å². The van der Waals surface area contributed by atoms with Gasteiger partial charge >= 0.3 is 36.4 Å². The third-order valence-electron chi connectivity index (χ3n) is 6.19. The predicted octanol–water partition coefficient (Wildman–Crippen LogP) is 10.6. The third-order valence-corrected chi connectivity index (χ3v) is 7.31. The van der Waals surface area contributed by atoms with Crippen molar-refractivity contribution in [3.63, 3.8) is 0 Å². The first-order chi connectivity index (χ1) is 17.9. The molecule has 0 amide bonds. The van der Waals surface area contributed by atoms with E-state index in [4.69, 9.17) is 0 Å². The molecule has 0 fully saturated rings. The van der Waals surface area contributed by atoms with Gasteiger partial charge < -0.3 is 0 Å². The molecule has 5 aromatic rings. The third kappa shape index (κ3) is 7.43. The molecule has 4 aromatic carbocycles. The van der Waals surface area contributed by atoms with Crippen LogP contribution < -0.4 is 5.43 Å². The summed E-state index contributed by atoms with van der Waals surface area (Å²) >= 11 is -9.54. The van der Waals surface area contributed by atoms with E-state index in [0.717, 1.165) is 31.3 Å². The van der Waals surface area contributed by atoms with Gasteiger partial charge in [0.25, 0.3) is 0 Å². The molecule has 0 radical (unpaired) electrons. The summed E-state index contributed by atoms with van der Waals surface area (Å²) in [7, 11) is 0. The molecule has 0 N–H and O–H groups in total. The summed E-state index contributed by atoms with van der Waals surface area (Å²) in [5.74, 6) is 0.267.